The number of aromatic nitrogens is 1. The van der Waals surface area contributed by atoms with Gasteiger partial charge in [-0.05, 0) is 12.0 Å². The van der Waals surface area contributed by atoms with E-state index >= 15 is 0 Å². The molecule has 0 radical (unpaired) electrons. The van der Waals surface area contributed by atoms with Gasteiger partial charge in [0.25, 0.3) is 0 Å². The Hall–Kier alpha value is -1.09. The second kappa shape index (κ2) is 4.82. The average molecular weight is 181 g/mol. The third-order valence-electron chi connectivity index (χ3n) is 1.70. The van der Waals surface area contributed by atoms with E-state index in [1.807, 2.05) is 6.07 Å². The first kappa shape index (κ1) is 9.99. The summed E-state index contributed by atoms with van der Waals surface area (Å²) in [7, 11) is 0. The van der Waals surface area contributed by atoms with E-state index in [9.17, 15) is 0 Å². The van der Waals surface area contributed by atoms with Crippen LogP contribution in [0.25, 0.3) is 0 Å². The summed E-state index contributed by atoms with van der Waals surface area (Å²) < 4.78 is 5.26. The molecule has 13 heavy (non-hydrogen) atoms. The van der Waals surface area contributed by atoms with Crippen molar-refractivity contribution in [2.75, 3.05) is 13.2 Å². The zero-order chi connectivity index (χ0) is 9.68. The monoisotopic (exact) mass is 181 g/mol. The lowest BCUT2D eigenvalue weighted by atomic mass is 10.1. The second-order valence-corrected chi connectivity index (χ2v) is 3.14. The Bertz CT molecular complexity index is 261. The third-order valence-corrected chi connectivity index (χ3v) is 1.70. The highest BCUT2D eigenvalue weighted by Gasteiger charge is 2.01. The normalized spacial score (nSPS) is 10.5. The molecule has 1 aromatic heterocycles. The van der Waals surface area contributed by atoms with Gasteiger partial charge in [0, 0.05) is 18.0 Å². The molecular weight excluding hydrogens is 166 g/mol. The molecule has 0 spiro atoms. The van der Waals surface area contributed by atoms with Crippen LogP contribution in [0.15, 0.2) is 18.3 Å². The predicted octanol–water partition coefficient (Wildman–Crippen LogP) is 1.58. The summed E-state index contributed by atoms with van der Waals surface area (Å²) in [6.07, 6.45) is 1.72. The SMILES string of the molecule is CC(C)c1cc(OCCO)ccn1. The maximum Gasteiger partial charge on any atom is 0.122 e. The van der Waals surface area contributed by atoms with Gasteiger partial charge in [-0.2, -0.15) is 0 Å². The van der Waals surface area contributed by atoms with Crippen LogP contribution in [0, 0.1) is 0 Å². The lowest BCUT2D eigenvalue weighted by Gasteiger charge is -2.07. The largest absolute Gasteiger partial charge is 0.491 e. The van der Waals surface area contributed by atoms with Gasteiger partial charge < -0.3 is 9.84 Å². The number of hydrogen-bond donors (Lipinski definition) is 1. The Balaban J connectivity index is 2.68. The maximum atomic E-state index is 8.57. The van der Waals surface area contributed by atoms with Crippen molar-refractivity contribution in [1.82, 2.24) is 4.98 Å². The molecule has 0 aliphatic rings. The summed E-state index contributed by atoms with van der Waals surface area (Å²) in [5.74, 6) is 1.17. The zero-order valence-electron chi connectivity index (χ0n) is 8.03. The molecular formula is C10H15NO2. The highest BCUT2D eigenvalue weighted by atomic mass is 16.5. The van der Waals surface area contributed by atoms with Gasteiger partial charge in [-0.15, -0.1) is 0 Å². The van der Waals surface area contributed by atoms with E-state index in [4.69, 9.17) is 9.84 Å². The van der Waals surface area contributed by atoms with Crippen molar-refractivity contribution in [2.24, 2.45) is 0 Å². The van der Waals surface area contributed by atoms with Gasteiger partial charge in [-0.3, -0.25) is 4.98 Å². The summed E-state index contributed by atoms with van der Waals surface area (Å²) in [6.45, 7) is 4.54. The Morgan fingerprint density at radius 3 is 2.92 bits per heavy atom. The molecule has 0 saturated heterocycles. The molecule has 0 aromatic carbocycles. The van der Waals surface area contributed by atoms with Crippen LogP contribution < -0.4 is 4.74 Å². The highest BCUT2D eigenvalue weighted by Crippen LogP contribution is 2.17. The molecule has 1 rings (SSSR count). The third kappa shape index (κ3) is 3.03. The zero-order valence-corrected chi connectivity index (χ0v) is 8.03. The van der Waals surface area contributed by atoms with Crippen LogP contribution in [-0.2, 0) is 0 Å². The Labute approximate surface area is 78.4 Å². The summed E-state index contributed by atoms with van der Waals surface area (Å²) >= 11 is 0. The molecule has 0 aliphatic carbocycles. The van der Waals surface area contributed by atoms with Crippen LogP contribution in [0.4, 0.5) is 0 Å². The molecule has 0 aliphatic heterocycles. The topological polar surface area (TPSA) is 42.4 Å². The number of aliphatic hydroxyl groups is 1. The number of hydrogen-bond acceptors (Lipinski definition) is 3. The van der Waals surface area contributed by atoms with Crippen molar-refractivity contribution >= 4 is 0 Å². The quantitative estimate of drug-likeness (QED) is 0.766. The van der Waals surface area contributed by atoms with Gasteiger partial charge in [0.1, 0.15) is 12.4 Å². The summed E-state index contributed by atoms with van der Waals surface area (Å²) in [6, 6.07) is 3.70. The van der Waals surface area contributed by atoms with E-state index in [1.54, 1.807) is 12.3 Å². The second-order valence-electron chi connectivity index (χ2n) is 3.14. The van der Waals surface area contributed by atoms with Crippen LogP contribution in [0.3, 0.4) is 0 Å². The van der Waals surface area contributed by atoms with Crippen LogP contribution in [0.1, 0.15) is 25.5 Å². The highest BCUT2D eigenvalue weighted by molar-refractivity contribution is 5.24. The lowest BCUT2D eigenvalue weighted by Crippen LogP contribution is -2.02. The van der Waals surface area contributed by atoms with Gasteiger partial charge in [0.2, 0.25) is 0 Å². The first-order valence-electron chi connectivity index (χ1n) is 4.43. The van der Waals surface area contributed by atoms with Gasteiger partial charge >= 0.3 is 0 Å². The van der Waals surface area contributed by atoms with Crippen LogP contribution in [0.5, 0.6) is 5.75 Å². The Morgan fingerprint density at radius 1 is 1.54 bits per heavy atom. The van der Waals surface area contributed by atoms with Gasteiger partial charge in [-0.1, -0.05) is 13.8 Å². The van der Waals surface area contributed by atoms with Crippen LogP contribution >= 0.6 is 0 Å². The van der Waals surface area contributed by atoms with E-state index in [1.165, 1.54) is 0 Å². The number of nitrogens with zero attached hydrogens (tertiary/aromatic N) is 1. The van der Waals surface area contributed by atoms with Crippen LogP contribution in [0.2, 0.25) is 0 Å². The van der Waals surface area contributed by atoms with Crippen molar-refractivity contribution in [2.45, 2.75) is 19.8 Å². The fourth-order valence-corrected chi connectivity index (χ4v) is 0.997. The number of ether oxygens (including phenoxy) is 1. The molecule has 1 heterocycles. The molecule has 3 nitrogen and oxygen atoms in total. The molecule has 1 N–H and O–H groups in total. The fraction of sp³-hybridized carbons (Fsp3) is 0.500. The Kier molecular flexibility index (Phi) is 3.71. The minimum absolute atomic E-state index is 0.0410. The Morgan fingerprint density at radius 2 is 2.31 bits per heavy atom. The molecule has 72 valence electrons. The van der Waals surface area contributed by atoms with Crippen molar-refractivity contribution < 1.29 is 9.84 Å². The van der Waals surface area contributed by atoms with E-state index in [0.29, 0.717) is 12.5 Å². The molecule has 3 heteroatoms. The molecule has 0 amide bonds. The minimum Gasteiger partial charge on any atom is -0.491 e. The number of aliphatic hydroxyl groups excluding tert-OH is 1. The van der Waals surface area contributed by atoms with E-state index in [-0.39, 0.29) is 6.61 Å². The first-order valence-corrected chi connectivity index (χ1v) is 4.43. The standard InChI is InChI=1S/C10H15NO2/c1-8(2)10-7-9(3-4-11-10)13-6-5-12/h3-4,7-8,12H,5-6H2,1-2H3. The molecule has 0 atom stereocenters. The maximum absolute atomic E-state index is 8.57. The van der Waals surface area contributed by atoms with Gasteiger partial charge in [0.05, 0.1) is 6.61 Å². The molecule has 0 bridgehead atoms. The lowest BCUT2D eigenvalue weighted by molar-refractivity contribution is 0.201. The minimum atomic E-state index is 0.0410. The van der Waals surface area contributed by atoms with Crippen molar-refractivity contribution in [3.63, 3.8) is 0 Å². The van der Waals surface area contributed by atoms with Gasteiger partial charge in [0.15, 0.2) is 0 Å². The molecule has 0 fully saturated rings. The smallest absolute Gasteiger partial charge is 0.122 e. The van der Waals surface area contributed by atoms with E-state index in [2.05, 4.69) is 18.8 Å². The molecule has 0 unspecified atom stereocenters. The first-order chi connectivity index (χ1) is 6.24. The molecule has 1 aromatic rings. The summed E-state index contributed by atoms with van der Waals surface area (Å²) in [5.41, 5.74) is 1.01. The predicted molar refractivity (Wildman–Crippen MR) is 50.9 cm³/mol. The van der Waals surface area contributed by atoms with E-state index < -0.39 is 0 Å². The van der Waals surface area contributed by atoms with E-state index in [0.717, 1.165) is 11.4 Å². The fourth-order valence-electron chi connectivity index (χ4n) is 0.997. The van der Waals surface area contributed by atoms with Crippen LogP contribution in [-0.4, -0.2) is 23.3 Å². The van der Waals surface area contributed by atoms with Crippen molar-refractivity contribution in [3.8, 4) is 5.75 Å². The summed E-state index contributed by atoms with van der Waals surface area (Å²) in [4.78, 5) is 4.20. The summed E-state index contributed by atoms with van der Waals surface area (Å²) in [5, 5.41) is 8.57. The van der Waals surface area contributed by atoms with Crippen molar-refractivity contribution in [1.29, 1.82) is 0 Å². The van der Waals surface area contributed by atoms with Gasteiger partial charge in [-0.25, -0.2) is 0 Å². The average Bonchev–Trinajstić information content (AvgIpc) is 2.15. The molecule has 0 saturated carbocycles. The van der Waals surface area contributed by atoms with Crippen molar-refractivity contribution in [3.05, 3.63) is 24.0 Å². The number of pyridine rings is 1. The number of rotatable bonds is 4.